The van der Waals surface area contributed by atoms with Gasteiger partial charge in [0.2, 0.25) is 0 Å². The molecule has 1 aliphatic heterocycles. The van der Waals surface area contributed by atoms with Gasteiger partial charge in [0.1, 0.15) is 10.7 Å². The SMILES string of the molecule is CC(C)(C)C(O)c1cc2c(c(Br)n1)COC2. The molecule has 1 unspecified atom stereocenters. The van der Waals surface area contributed by atoms with Crippen molar-refractivity contribution in [1.82, 2.24) is 4.98 Å². The summed E-state index contributed by atoms with van der Waals surface area (Å²) in [6.07, 6.45) is -0.560. The fourth-order valence-corrected chi connectivity index (χ4v) is 2.31. The lowest BCUT2D eigenvalue weighted by Gasteiger charge is -2.25. The van der Waals surface area contributed by atoms with E-state index in [9.17, 15) is 5.11 Å². The summed E-state index contributed by atoms with van der Waals surface area (Å²) in [5.74, 6) is 0. The highest BCUT2D eigenvalue weighted by molar-refractivity contribution is 9.10. The molecule has 1 N–H and O–H groups in total. The minimum atomic E-state index is -0.560. The van der Waals surface area contributed by atoms with Gasteiger partial charge < -0.3 is 9.84 Å². The lowest BCUT2D eigenvalue weighted by atomic mass is 9.86. The van der Waals surface area contributed by atoms with Gasteiger partial charge >= 0.3 is 0 Å². The molecule has 4 heteroatoms. The van der Waals surface area contributed by atoms with Crippen LogP contribution in [0.3, 0.4) is 0 Å². The molecule has 0 radical (unpaired) electrons. The normalized spacial score (nSPS) is 17.3. The van der Waals surface area contributed by atoms with Crippen molar-refractivity contribution in [3.05, 3.63) is 27.5 Å². The quantitative estimate of drug-likeness (QED) is 0.807. The number of pyridine rings is 1. The maximum absolute atomic E-state index is 10.2. The van der Waals surface area contributed by atoms with E-state index in [4.69, 9.17) is 4.74 Å². The van der Waals surface area contributed by atoms with Crippen LogP contribution in [0, 0.1) is 5.41 Å². The molecule has 0 amide bonds. The second kappa shape index (κ2) is 4.09. The number of halogens is 1. The van der Waals surface area contributed by atoms with Gasteiger partial charge in [-0.1, -0.05) is 20.8 Å². The Kier molecular flexibility index (Phi) is 3.07. The molecule has 0 saturated carbocycles. The number of rotatable bonds is 1. The van der Waals surface area contributed by atoms with Crippen LogP contribution in [-0.4, -0.2) is 10.1 Å². The molecule has 1 aromatic rings. The third kappa shape index (κ3) is 2.14. The van der Waals surface area contributed by atoms with Gasteiger partial charge in [-0.05, 0) is 33.0 Å². The van der Waals surface area contributed by atoms with Crippen molar-refractivity contribution in [3.63, 3.8) is 0 Å². The highest BCUT2D eigenvalue weighted by atomic mass is 79.9. The van der Waals surface area contributed by atoms with Crippen LogP contribution < -0.4 is 0 Å². The van der Waals surface area contributed by atoms with Gasteiger partial charge in [0, 0.05) is 5.56 Å². The predicted octanol–water partition coefficient (Wildman–Crippen LogP) is 2.95. The summed E-state index contributed by atoms with van der Waals surface area (Å²) in [5, 5.41) is 10.2. The second-order valence-corrected chi connectivity index (χ2v) is 5.99. The van der Waals surface area contributed by atoms with Crippen LogP contribution in [0.1, 0.15) is 43.7 Å². The molecule has 16 heavy (non-hydrogen) atoms. The van der Waals surface area contributed by atoms with Gasteiger partial charge in [-0.15, -0.1) is 0 Å². The molecule has 0 spiro atoms. The molecule has 0 saturated heterocycles. The number of ether oxygens (including phenoxy) is 1. The smallest absolute Gasteiger partial charge is 0.112 e. The standard InChI is InChI=1S/C12H16BrNO2/c1-12(2,3)10(15)9-4-7-5-16-6-8(7)11(13)14-9/h4,10,15H,5-6H2,1-3H3. The van der Waals surface area contributed by atoms with Crippen molar-refractivity contribution >= 4 is 15.9 Å². The molecular formula is C12H16BrNO2. The Labute approximate surface area is 104 Å². The number of aliphatic hydroxyl groups is 1. The zero-order chi connectivity index (χ0) is 11.9. The number of nitrogens with zero attached hydrogens (tertiary/aromatic N) is 1. The van der Waals surface area contributed by atoms with Crippen molar-refractivity contribution in [2.45, 2.75) is 40.1 Å². The lowest BCUT2D eigenvalue weighted by Crippen LogP contribution is -2.19. The molecule has 0 aromatic carbocycles. The van der Waals surface area contributed by atoms with E-state index in [1.807, 2.05) is 26.8 Å². The van der Waals surface area contributed by atoms with Gasteiger partial charge in [-0.2, -0.15) is 0 Å². The molecule has 0 aliphatic carbocycles. The number of aromatic nitrogens is 1. The summed E-state index contributed by atoms with van der Waals surface area (Å²) < 4.78 is 6.16. The Morgan fingerprint density at radius 2 is 2.12 bits per heavy atom. The van der Waals surface area contributed by atoms with E-state index in [1.165, 1.54) is 0 Å². The Bertz CT molecular complexity index is 412. The van der Waals surface area contributed by atoms with Crippen molar-refractivity contribution < 1.29 is 9.84 Å². The third-order valence-corrected chi connectivity index (χ3v) is 3.45. The summed E-state index contributed by atoms with van der Waals surface area (Å²) in [4.78, 5) is 4.40. The lowest BCUT2D eigenvalue weighted by molar-refractivity contribution is 0.0587. The number of fused-ring (bicyclic) bond motifs is 1. The highest BCUT2D eigenvalue weighted by Crippen LogP contribution is 2.35. The Balaban J connectivity index is 2.41. The summed E-state index contributed by atoms with van der Waals surface area (Å²) in [6.45, 7) is 7.21. The molecular weight excluding hydrogens is 270 g/mol. The highest BCUT2D eigenvalue weighted by Gasteiger charge is 2.27. The zero-order valence-corrected chi connectivity index (χ0v) is 11.3. The Morgan fingerprint density at radius 1 is 1.44 bits per heavy atom. The van der Waals surface area contributed by atoms with Crippen LogP contribution in [-0.2, 0) is 18.0 Å². The maximum atomic E-state index is 10.2. The first-order chi connectivity index (χ1) is 7.39. The van der Waals surface area contributed by atoms with Crippen molar-refractivity contribution in [3.8, 4) is 0 Å². The van der Waals surface area contributed by atoms with E-state index in [0.717, 1.165) is 15.7 Å². The van der Waals surface area contributed by atoms with Crippen molar-refractivity contribution in [2.75, 3.05) is 0 Å². The van der Waals surface area contributed by atoms with Gasteiger partial charge in [-0.3, -0.25) is 0 Å². The minimum Gasteiger partial charge on any atom is -0.386 e. The Morgan fingerprint density at radius 3 is 2.75 bits per heavy atom. The van der Waals surface area contributed by atoms with Crippen LogP contribution in [0.2, 0.25) is 0 Å². The van der Waals surface area contributed by atoms with E-state index < -0.39 is 6.10 Å². The molecule has 3 nitrogen and oxygen atoms in total. The monoisotopic (exact) mass is 285 g/mol. The molecule has 1 aromatic heterocycles. The summed E-state index contributed by atoms with van der Waals surface area (Å²) in [5.41, 5.74) is 2.73. The zero-order valence-electron chi connectivity index (χ0n) is 9.75. The largest absolute Gasteiger partial charge is 0.386 e. The van der Waals surface area contributed by atoms with Crippen LogP contribution in [0.15, 0.2) is 10.7 Å². The van der Waals surface area contributed by atoms with Gasteiger partial charge in [0.15, 0.2) is 0 Å². The van der Waals surface area contributed by atoms with Gasteiger partial charge in [0.05, 0.1) is 18.9 Å². The summed E-state index contributed by atoms with van der Waals surface area (Å²) in [7, 11) is 0. The fraction of sp³-hybridized carbons (Fsp3) is 0.583. The number of aliphatic hydroxyl groups excluding tert-OH is 1. The predicted molar refractivity (Wildman–Crippen MR) is 64.8 cm³/mol. The van der Waals surface area contributed by atoms with Gasteiger partial charge in [0.25, 0.3) is 0 Å². The van der Waals surface area contributed by atoms with Crippen LogP contribution >= 0.6 is 15.9 Å². The van der Waals surface area contributed by atoms with Crippen molar-refractivity contribution in [1.29, 1.82) is 0 Å². The first-order valence-electron chi connectivity index (χ1n) is 5.33. The fourth-order valence-electron chi connectivity index (χ4n) is 1.74. The van der Waals surface area contributed by atoms with E-state index in [0.29, 0.717) is 18.9 Å². The third-order valence-electron chi connectivity index (χ3n) is 2.79. The van der Waals surface area contributed by atoms with Gasteiger partial charge in [-0.25, -0.2) is 4.98 Å². The number of hydrogen-bond acceptors (Lipinski definition) is 3. The molecule has 1 aliphatic rings. The molecule has 88 valence electrons. The summed E-state index contributed by atoms with van der Waals surface area (Å²) >= 11 is 3.43. The average Bonchev–Trinajstić information content (AvgIpc) is 2.63. The van der Waals surface area contributed by atoms with Crippen molar-refractivity contribution in [2.24, 2.45) is 5.41 Å². The van der Waals surface area contributed by atoms with Crippen LogP contribution in [0.4, 0.5) is 0 Å². The maximum Gasteiger partial charge on any atom is 0.112 e. The molecule has 0 fully saturated rings. The Hall–Kier alpha value is -0.450. The molecule has 2 rings (SSSR count). The van der Waals surface area contributed by atoms with E-state index in [2.05, 4.69) is 20.9 Å². The average molecular weight is 286 g/mol. The second-order valence-electron chi connectivity index (χ2n) is 5.24. The topological polar surface area (TPSA) is 42.4 Å². The first kappa shape index (κ1) is 12.0. The molecule has 1 atom stereocenters. The number of hydrogen-bond donors (Lipinski definition) is 1. The van der Waals surface area contributed by atoms with E-state index >= 15 is 0 Å². The van der Waals surface area contributed by atoms with E-state index in [-0.39, 0.29) is 5.41 Å². The molecule has 0 bridgehead atoms. The van der Waals surface area contributed by atoms with Crippen LogP contribution in [0.5, 0.6) is 0 Å². The summed E-state index contributed by atoms with van der Waals surface area (Å²) in [6, 6.07) is 1.95. The minimum absolute atomic E-state index is 0.208. The van der Waals surface area contributed by atoms with Crippen LogP contribution in [0.25, 0.3) is 0 Å². The van der Waals surface area contributed by atoms with E-state index in [1.54, 1.807) is 0 Å². The molecule has 2 heterocycles. The first-order valence-corrected chi connectivity index (χ1v) is 6.13.